The van der Waals surface area contributed by atoms with Crippen molar-refractivity contribution in [2.45, 2.75) is 39.0 Å². The lowest BCUT2D eigenvalue weighted by molar-refractivity contribution is -0.133. The van der Waals surface area contributed by atoms with E-state index in [1.807, 2.05) is 29.2 Å². The third-order valence-electron chi connectivity index (χ3n) is 5.99. The Hall–Kier alpha value is -1.34. The summed E-state index contributed by atoms with van der Waals surface area (Å²) < 4.78 is 0. The van der Waals surface area contributed by atoms with Gasteiger partial charge in [0.25, 0.3) is 0 Å². The van der Waals surface area contributed by atoms with E-state index in [9.17, 15) is 9.59 Å². The van der Waals surface area contributed by atoms with Crippen LogP contribution in [-0.2, 0) is 16.0 Å². The maximum atomic E-state index is 12.5. The zero-order valence-electron chi connectivity index (χ0n) is 17.9. The van der Waals surface area contributed by atoms with E-state index in [0.717, 1.165) is 63.4 Å². The predicted octanol–water partition coefficient (Wildman–Crippen LogP) is 2.96. The van der Waals surface area contributed by atoms with Crippen molar-refractivity contribution in [2.75, 3.05) is 51.1 Å². The Kier molecular flexibility index (Phi) is 12.3. The number of nitrogens with one attached hydrogen (secondary N) is 2. The van der Waals surface area contributed by atoms with Crippen molar-refractivity contribution in [1.82, 2.24) is 15.1 Å². The highest BCUT2D eigenvalue weighted by atomic mass is 35.5. The Labute approximate surface area is 193 Å². The number of aryl methyl sites for hydroxylation is 1. The molecule has 0 atom stereocenters. The molecule has 170 valence electrons. The molecule has 0 aliphatic carbocycles. The molecular weight excluding hydrogens is 423 g/mol. The Bertz CT molecular complexity index is 660. The fourth-order valence-electron chi connectivity index (χ4n) is 4.15. The van der Waals surface area contributed by atoms with Crippen LogP contribution in [0.3, 0.4) is 0 Å². The van der Waals surface area contributed by atoms with Crippen molar-refractivity contribution in [1.29, 1.82) is 0 Å². The number of hydrogen-bond donors (Lipinski definition) is 2. The summed E-state index contributed by atoms with van der Waals surface area (Å²) >= 11 is 0. The molecule has 1 aromatic rings. The molecule has 3 rings (SSSR count). The van der Waals surface area contributed by atoms with Crippen LogP contribution < -0.4 is 10.6 Å². The van der Waals surface area contributed by atoms with E-state index in [2.05, 4.69) is 22.5 Å². The van der Waals surface area contributed by atoms with Gasteiger partial charge in [-0.25, -0.2) is 0 Å². The minimum Gasteiger partial charge on any atom is -0.340 e. The molecule has 2 N–H and O–H groups in total. The normalized spacial score (nSPS) is 17.6. The zero-order chi connectivity index (χ0) is 19.8. The Morgan fingerprint density at radius 2 is 1.73 bits per heavy atom. The van der Waals surface area contributed by atoms with E-state index in [0.29, 0.717) is 18.9 Å². The third kappa shape index (κ3) is 8.06. The predicted molar refractivity (Wildman–Crippen MR) is 127 cm³/mol. The first kappa shape index (κ1) is 26.7. The number of carbonyl (C=O) groups is 2. The lowest BCUT2D eigenvalue weighted by Gasteiger charge is -2.34. The highest BCUT2D eigenvalue weighted by Gasteiger charge is 2.23. The molecule has 0 bridgehead atoms. The second-order valence-electron chi connectivity index (χ2n) is 7.95. The maximum Gasteiger partial charge on any atom is 0.238 e. The van der Waals surface area contributed by atoms with Crippen LogP contribution in [0.2, 0.25) is 0 Å². The molecule has 0 saturated carbocycles. The van der Waals surface area contributed by atoms with Gasteiger partial charge in [0, 0.05) is 38.3 Å². The van der Waals surface area contributed by atoms with E-state index in [1.165, 1.54) is 12.8 Å². The van der Waals surface area contributed by atoms with Crippen molar-refractivity contribution in [3.63, 3.8) is 0 Å². The number of halogens is 2. The van der Waals surface area contributed by atoms with Gasteiger partial charge in [-0.3, -0.25) is 14.5 Å². The number of rotatable bonds is 7. The molecule has 0 unspecified atom stereocenters. The molecule has 0 aromatic heterocycles. The molecule has 6 nitrogen and oxygen atoms in total. The number of hydrogen-bond acceptors (Lipinski definition) is 4. The molecule has 2 fully saturated rings. The number of benzene rings is 1. The van der Waals surface area contributed by atoms with E-state index in [4.69, 9.17) is 0 Å². The summed E-state index contributed by atoms with van der Waals surface area (Å²) in [6.45, 7) is 7.63. The highest BCUT2D eigenvalue weighted by Crippen LogP contribution is 2.19. The molecule has 0 radical (unpaired) electrons. The standard InChI is InChI=1S/C22H34N4O2.2ClH/c1-2-19-5-3-4-6-20(19)24-21(27)17-25-13-15-26(16-14-25)22(28)8-7-18-9-11-23-12-10-18;;/h3-6,18,23H,2,7-17H2,1H3,(H,24,27);2*1H. The van der Waals surface area contributed by atoms with Gasteiger partial charge in [-0.15, -0.1) is 24.8 Å². The minimum atomic E-state index is 0. The van der Waals surface area contributed by atoms with Crippen LogP contribution >= 0.6 is 24.8 Å². The number of carbonyl (C=O) groups excluding carboxylic acids is 2. The van der Waals surface area contributed by atoms with Crippen molar-refractivity contribution >= 4 is 42.3 Å². The van der Waals surface area contributed by atoms with Crippen molar-refractivity contribution < 1.29 is 9.59 Å². The van der Waals surface area contributed by atoms with Gasteiger partial charge in [0.2, 0.25) is 11.8 Å². The van der Waals surface area contributed by atoms with Gasteiger partial charge >= 0.3 is 0 Å². The molecule has 2 saturated heterocycles. The summed E-state index contributed by atoms with van der Waals surface area (Å²) in [6.07, 6.45) is 4.96. The summed E-state index contributed by atoms with van der Waals surface area (Å²) in [5.74, 6) is 0.993. The summed E-state index contributed by atoms with van der Waals surface area (Å²) in [5.41, 5.74) is 2.06. The van der Waals surface area contributed by atoms with Gasteiger partial charge in [-0.1, -0.05) is 25.1 Å². The van der Waals surface area contributed by atoms with Crippen molar-refractivity contribution in [2.24, 2.45) is 5.92 Å². The number of piperidine rings is 1. The molecule has 1 aromatic carbocycles. The van der Waals surface area contributed by atoms with Crippen LogP contribution in [-0.4, -0.2) is 67.4 Å². The average Bonchev–Trinajstić information content (AvgIpc) is 2.73. The van der Waals surface area contributed by atoms with Gasteiger partial charge in [0.05, 0.1) is 6.54 Å². The maximum absolute atomic E-state index is 12.5. The van der Waals surface area contributed by atoms with Gasteiger partial charge < -0.3 is 15.5 Å². The number of para-hydroxylation sites is 1. The number of nitrogens with zero attached hydrogens (tertiary/aromatic N) is 2. The van der Waals surface area contributed by atoms with Crippen LogP contribution in [0.4, 0.5) is 5.69 Å². The number of amides is 2. The monoisotopic (exact) mass is 458 g/mol. The molecule has 2 aliphatic heterocycles. The van der Waals surface area contributed by atoms with Crippen LogP contribution in [0.15, 0.2) is 24.3 Å². The van der Waals surface area contributed by atoms with Crippen LogP contribution in [0.25, 0.3) is 0 Å². The highest BCUT2D eigenvalue weighted by molar-refractivity contribution is 5.93. The fourth-order valence-corrected chi connectivity index (χ4v) is 4.15. The first-order valence-electron chi connectivity index (χ1n) is 10.7. The molecule has 0 spiro atoms. The number of anilines is 1. The average molecular weight is 459 g/mol. The summed E-state index contributed by atoms with van der Waals surface area (Å²) in [7, 11) is 0. The molecule has 30 heavy (non-hydrogen) atoms. The third-order valence-corrected chi connectivity index (χ3v) is 5.99. The van der Waals surface area contributed by atoms with E-state index >= 15 is 0 Å². The SMILES string of the molecule is CCc1ccccc1NC(=O)CN1CCN(C(=O)CCC2CCNCC2)CC1.Cl.Cl. The zero-order valence-corrected chi connectivity index (χ0v) is 19.5. The van der Waals surface area contributed by atoms with Crippen LogP contribution in [0.5, 0.6) is 0 Å². The molecule has 8 heteroatoms. The summed E-state index contributed by atoms with van der Waals surface area (Å²) in [5, 5.41) is 6.41. The quantitative estimate of drug-likeness (QED) is 0.658. The summed E-state index contributed by atoms with van der Waals surface area (Å²) in [4.78, 5) is 29.0. The smallest absolute Gasteiger partial charge is 0.238 e. The van der Waals surface area contributed by atoms with Gasteiger partial charge in [-0.2, -0.15) is 0 Å². The van der Waals surface area contributed by atoms with Gasteiger partial charge in [0.15, 0.2) is 0 Å². The molecule has 2 heterocycles. The van der Waals surface area contributed by atoms with Gasteiger partial charge in [0.1, 0.15) is 0 Å². The Balaban J connectivity index is 0.00000225. The van der Waals surface area contributed by atoms with Crippen molar-refractivity contribution in [3.05, 3.63) is 29.8 Å². The molecule has 2 amide bonds. The Morgan fingerprint density at radius 1 is 1.07 bits per heavy atom. The molecular formula is C22H36Cl2N4O2. The summed E-state index contributed by atoms with van der Waals surface area (Å²) in [6, 6.07) is 7.94. The fraction of sp³-hybridized carbons (Fsp3) is 0.636. The second-order valence-corrected chi connectivity index (χ2v) is 7.95. The first-order valence-corrected chi connectivity index (χ1v) is 10.7. The Morgan fingerprint density at radius 3 is 2.40 bits per heavy atom. The van der Waals surface area contributed by atoms with Crippen LogP contribution in [0.1, 0.15) is 38.2 Å². The second kappa shape index (κ2) is 13.9. The topological polar surface area (TPSA) is 64.7 Å². The van der Waals surface area contributed by atoms with Crippen LogP contribution in [0, 0.1) is 5.92 Å². The van der Waals surface area contributed by atoms with E-state index in [-0.39, 0.29) is 36.6 Å². The number of piperazine rings is 1. The first-order chi connectivity index (χ1) is 13.7. The van der Waals surface area contributed by atoms with E-state index in [1.54, 1.807) is 0 Å². The largest absolute Gasteiger partial charge is 0.340 e. The van der Waals surface area contributed by atoms with E-state index < -0.39 is 0 Å². The lowest BCUT2D eigenvalue weighted by atomic mass is 9.93. The molecule has 2 aliphatic rings. The van der Waals surface area contributed by atoms with Gasteiger partial charge in [-0.05, 0) is 56.3 Å². The van der Waals surface area contributed by atoms with Crippen molar-refractivity contribution in [3.8, 4) is 0 Å². The minimum absolute atomic E-state index is 0. The lowest BCUT2D eigenvalue weighted by Crippen LogP contribution is -2.50.